The molecule has 2 fully saturated rings. The number of carbonyl (C=O) groups excluding carboxylic acids is 3. The van der Waals surface area contributed by atoms with Crippen LogP contribution in [0.1, 0.15) is 26.3 Å². The highest BCUT2D eigenvalue weighted by molar-refractivity contribution is 8.18. The number of thioether (sulfide) groups is 1. The van der Waals surface area contributed by atoms with Crippen molar-refractivity contribution in [2.75, 3.05) is 18.0 Å². The third-order valence-corrected chi connectivity index (χ3v) is 5.37. The smallest absolute Gasteiger partial charge is 0.408 e. The molecule has 8 nitrogen and oxygen atoms in total. The number of hydrogen-bond acceptors (Lipinski definition) is 7. The molecule has 0 spiro atoms. The van der Waals surface area contributed by atoms with E-state index in [4.69, 9.17) is 16.3 Å². The van der Waals surface area contributed by atoms with Crippen LogP contribution in [0.25, 0.3) is 6.08 Å². The second kappa shape index (κ2) is 8.25. The molecule has 29 heavy (non-hydrogen) atoms. The maximum atomic E-state index is 12.1. The number of rotatable bonds is 3. The van der Waals surface area contributed by atoms with Gasteiger partial charge in [-0.3, -0.25) is 14.9 Å². The van der Waals surface area contributed by atoms with Crippen LogP contribution in [-0.4, -0.2) is 53.2 Å². The van der Waals surface area contributed by atoms with Gasteiger partial charge in [-0.05, 0) is 44.7 Å². The van der Waals surface area contributed by atoms with Crippen molar-refractivity contribution in [2.45, 2.75) is 38.5 Å². The molecule has 2 aliphatic heterocycles. The standard InChI is InChI=1S/C19H22ClN3O5S/c1-19(2,3)28-17(26)21-12-8-23(9-13(12)24)15-10(5-4-6-11(15)20)7-14-16(25)22-18(27)29-14/h4-7,12-13,24H,8-9H2,1-3H3,(H,21,26)(H,22,25,27)/b14-7-/t12?,13-/m0/s1. The van der Waals surface area contributed by atoms with Crippen LogP contribution in [0.5, 0.6) is 0 Å². The van der Waals surface area contributed by atoms with Crippen molar-refractivity contribution in [3.05, 3.63) is 33.7 Å². The van der Waals surface area contributed by atoms with Gasteiger partial charge in [0.15, 0.2) is 0 Å². The summed E-state index contributed by atoms with van der Waals surface area (Å²) in [6.45, 7) is 5.82. The Balaban J connectivity index is 1.81. The van der Waals surface area contributed by atoms with E-state index in [1.54, 1.807) is 45.0 Å². The van der Waals surface area contributed by atoms with E-state index in [0.717, 1.165) is 11.8 Å². The summed E-state index contributed by atoms with van der Waals surface area (Å²) in [6, 6.07) is 4.66. The third-order valence-electron chi connectivity index (χ3n) is 4.25. The van der Waals surface area contributed by atoms with Gasteiger partial charge in [-0.15, -0.1) is 0 Å². The maximum Gasteiger partial charge on any atom is 0.408 e. The number of aliphatic hydroxyl groups is 1. The van der Waals surface area contributed by atoms with Crippen molar-refractivity contribution >= 4 is 52.4 Å². The van der Waals surface area contributed by atoms with Crippen LogP contribution in [0.15, 0.2) is 23.1 Å². The minimum absolute atomic E-state index is 0.235. The number of nitrogens with one attached hydrogen (secondary N) is 2. The third kappa shape index (κ3) is 5.23. The van der Waals surface area contributed by atoms with Gasteiger partial charge in [0.05, 0.1) is 27.8 Å². The van der Waals surface area contributed by atoms with Gasteiger partial charge in [-0.2, -0.15) is 0 Å². The van der Waals surface area contributed by atoms with Gasteiger partial charge < -0.3 is 20.1 Å². The van der Waals surface area contributed by atoms with Crippen LogP contribution < -0.4 is 15.5 Å². The highest BCUT2D eigenvalue weighted by Crippen LogP contribution is 2.36. The van der Waals surface area contributed by atoms with Crippen LogP contribution in [0, 0.1) is 0 Å². The van der Waals surface area contributed by atoms with Crippen molar-refractivity contribution in [1.29, 1.82) is 0 Å². The number of halogens is 1. The predicted octanol–water partition coefficient (Wildman–Crippen LogP) is 2.74. The molecule has 1 unspecified atom stereocenters. The summed E-state index contributed by atoms with van der Waals surface area (Å²) in [5.41, 5.74) is 0.601. The van der Waals surface area contributed by atoms with E-state index in [-0.39, 0.29) is 11.4 Å². The van der Waals surface area contributed by atoms with Crippen molar-refractivity contribution in [1.82, 2.24) is 10.6 Å². The summed E-state index contributed by atoms with van der Waals surface area (Å²) in [4.78, 5) is 37.5. The van der Waals surface area contributed by atoms with Gasteiger partial charge in [0, 0.05) is 18.7 Å². The topological polar surface area (TPSA) is 108 Å². The molecule has 2 atom stereocenters. The number of alkyl carbamates (subject to hydrolysis) is 1. The molecule has 1 aromatic rings. The van der Waals surface area contributed by atoms with E-state index >= 15 is 0 Å². The fraction of sp³-hybridized carbons (Fsp3) is 0.421. The van der Waals surface area contributed by atoms with Crippen molar-refractivity contribution in [2.24, 2.45) is 0 Å². The number of ether oxygens (including phenoxy) is 1. The molecule has 2 heterocycles. The van der Waals surface area contributed by atoms with Crippen molar-refractivity contribution < 1.29 is 24.2 Å². The van der Waals surface area contributed by atoms with Crippen molar-refractivity contribution in [3.63, 3.8) is 0 Å². The SMILES string of the molecule is CC(C)(C)OC(=O)NC1CN(c2c(Cl)cccc2/C=C2\SC(=O)NC2=O)C[C@@H]1O. The van der Waals surface area contributed by atoms with Gasteiger partial charge in [-0.1, -0.05) is 23.7 Å². The first kappa shape index (κ1) is 21.5. The molecule has 3 rings (SSSR count). The van der Waals surface area contributed by atoms with Crippen molar-refractivity contribution in [3.8, 4) is 0 Å². The first-order chi connectivity index (χ1) is 13.5. The Morgan fingerprint density at radius 1 is 1.38 bits per heavy atom. The molecule has 156 valence electrons. The first-order valence-electron chi connectivity index (χ1n) is 8.99. The molecule has 2 aliphatic rings. The normalized spacial score (nSPS) is 23.5. The lowest BCUT2D eigenvalue weighted by molar-refractivity contribution is -0.115. The number of anilines is 1. The van der Waals surface area contributed by atoms with Crippen LogP contribution >= 0.6 is 23.4 Å². The lowest BCUT2D eigenvalue weighted by Crippen LogP contribution is -2.45. The molecule has 0 saturated carbocycles. The Kier molecular flexibility index (Phi) is 6.11. The molecular weight excluding hydrogens is 418 g/mol. The number of imide groups is 1. The molecule has 10 heteroatoms. The summed E-state index contributed by atoms with van der Waals surface area (Å²) in [5.74, 6) is -0.461. The maximum absolute atomic E-state index is 12.1. The summed E-state index contributed by atoms with van der Waals surface area (Å²) in [5, 5.41) is 15.3. The highest BCUT2D eigenvalue weighted by Gasteiger charge is 2.35. The molecule has 3 amide bonds. The number of para-hydroxylation sites is 1. The zero-order valence-corrected chi connectivity index (χ0v) is 17.8. The average molecular weight is 440 g/mol. The molecule has 0 bridgehead atoms. The van der Waals surface area contributed by atoms with Gasteiger partial charge in [0.1, 0.15) is 5.60 Å². The Morgan fingerprint density at radius 3 is 2.72 bits per heavy atom. The van der Waals surface area contributed by atoms with Gasteiger partial charge >= 0.3 is 6.09 Å². The predicted molar refractivity (Wildman–Crippen MR) is 112 cm³/mol. The number of amides is 3. The Hall–Kier alpha value is -2.23. The largest absolute Gasteiger partial charge is 0.444 e. The fourth-order valence-electron chi connectivity index (χ4n) is 3.11. The summed E-state index contributed by atoms with van der Waals surface area (Å²) in [7, 11) is 0. The Morgan fingerprint density at radius 2 is 2.10 bits per heavy atom. The zero-order valence-electron chi connectivity index (χ0n) is 16.2. The lowest BCUT2D eigenvalue weighted by Gasteiger charge is -2.24. The minimum Gasteiger partial charge on any atom is -0.444 e. The monoisotopic (exact) mass is 439 g/mol. The van der Waals surface area contributed by atoms with E-state index in [9.17, 15) is 19.5 Å². The first-order valence-corrected chi connectivity index (χ1v) is 10.2. The summed E-state index contributed by atoms with van der Waals surface area (Å²) < 4.78 is 5.25. The molecule has 0 radical (unpaired) electrons. The molecule has 0 aliphatic carbocycles. The van der Waals surface area contributed by atoms with Gasteiger partial charge in [0.25, 0.3) is 11.1 Å². The number of hydrogen-bond donors (Lipinski definition) is 3. The second-order valence-corrected chi connectivity index (χ2v) is 9.18. The highest BCUT2D eigenvalue weighted by atomic mass is 35.5. The number of benzene rings is 1. The number of aliphatic hydroxyl groups excluding tert-OH is 1. The Bertz CT molecular complexity index is 883. The average Bonchev–Trinajstić information content (AvgIpc) is 3.07. The van der Waals surface area contributed by atoms with Crippen LogP contribution in [0.4, 0.5) is 15.3 Å². The van der Waals surface area contributed by atoms with E-state index < -0.39 is 35.0 Å². The lowest BCUT2D eigenvalue weighted by atomic mass is 10.1. The zero-order chi connectivity index (χ0) is 21.3. The van der Waals surface area contributed by atoms with E-state index in [2.05, 4.69) is 10.6 Å². The Labute approximate surface area is 177 Å². The van der Waals surface area contributed by atoms with Crippen LogP contribution in [0.2, 0.25) is 5.02 Å². The molecular formula is C19H22ClN3O5S. The summed E-state index contributed by atoms with van der Waals surface area (Å²) >= 11 is 7.23. The van der Waals surface area contributed by atoms with Gasteiger partial charge in [-0.25, -0.2) is 4.79 Å². The molecule has 0 aromatic heterocycles. The van der Waals surface area contributed by atoms with Gasteiger partial charge in [0.2, 0.25) is 0 Å². The molecule has 3 N–H and O–H groups in total. The second-order valence-electron chi connectivity index (χ2n) is 7.75. The number of β-amino-alcohol motifs (C(OH)–C–C–N with tert-alkyl or cyclic N) is 1. The summed E-state index contributed by atoms with van der Waals surface area (Å²) in [6.07, 6.45) is 0.153. The molecule has 2 saturated heterocycles. The van der Waals surface area contributed by atoms with Crippen LogP contribution in [0.3, 0.4) is 0 Å². The fourth-order valence-corrected chi connectivity index (χ4v) is 4.09. The molecule has 1 aromatic carbocycles. The minimum atomic E-state index is -0.829. The number of nitrogens with zero attached hydrogens (tertiary/aromatic N) is 1. The van der Waals surface area contributed by atoms with E-state index in [1.807, 2.05) is 4.90 Å². The number of carbonyl (C=O) groups is 3. The van der Waals surface area contributed by atoms with Crippen LogP contribution in [-0.2, 0) is 9.53 Å². The van der Waals surface area contributed by atoms with E-state index in [1.165, 1.54) is 0 Å². The van der Waals surface area contributed by atoms with E-state index in [0.29, 0.717) is 22.8 Å². The quantitative estimate of drug-likeness (QED) is 0.621.